The highest BCUT2D eigenvalue weighted by Gasteiger charge is 2.25. The molecule has 2 aromatic carbocycles. The van der Waals surface area contributed by atoms with Crippen LogP contribution in [0.2, 0.25) is 0 Å². The fourth-order valence-electron chi connectivity index (χ4n) is 3.08. The van der Waals surface area contributed by atoms with E-state index >= 15 is 0 Å². The number of hydrogen-bond acceptors (Lipinski definition) is 4. The monoisotopic (exact) mass is 367 g/mol. The second-order valence-electron chi connectivity index (χ2n) is 6.43. The molecule has 6 heteroatoms. The van der Waals surface area contributed by atoms with Gasteiger partial charge in [-0.15, -0.1) is 0 Å². The van der Waals surface area contributed by atoms with E-state index in [2.05, 4.69) is 10.2 Å². The molecule has 2 aromatic rings. The number of hydrogen-bond donors (Lipinski definition) is 1. The molecule has 142 valence electrons. The van der Waals surface area contributed by atoms with E-state index in [0.29, 0.717) is 56.3 Å². The van der Waals surface area contributed by atoms with Gasteiger partial charge in [0, 0.05) is 32.7 Å². The number of piperazine rings is 1. The van der Waals surface area contributed by atoms with Crippen LogP contribution in [0.3, 0.4) is 0 Å². The summed E-state index contributed by atoms with van der Waals surface area (Å²) in [7, 11) is 0. The number of likely N-dealkylation sites (N-methyl/N-ethyl adjacent to an activating group) is 1. The molecule has 0 radical (unpaired) electrons. The van der Waals surface area contributed by atoms with Crippen LogP contribution in [0.5, 0.6) is 11.5 Å². The molecule has 1 heterocycles. The lowest BCUT2D eigenvalue weighted by atomic mass is 10.1. The van der Waals surface area contributed by atoms with Crippen LogP contribution in [0, 0.1) is 0 Å². The largest absolute Gasteiger partial charge is 0.457 e. The van der Waals surface area contributed by atoms with E-state index in [0.717, 1.165) is 0 Å². The summed E-state index contributed by atoms with van der Waals surface area (Å²) in [6, 6.07) is 16.7. The average Bonchev–Trinajstić information content (AvgIpc) is 2.69. The SMILES string of the molecule is CCNC(=O)CN1CCN(C(=O)c2ccccc2Oc2ccccc2)CC1. The van der Waals surface area contributed by atoms with Crippen LogP contribution in [0.15, 0.2) is 54.6 Å². The summed E-state index contributed by atoms with van der Waals surface area (Å²) >= 11 is 0. The van der Waals surface area contributed by atoms with Gasteiger partial charge in [-0.25, -0.2) is 0 Å². The quantitative estimate of drug-likeness (QED) is 0.852. The molecule has 1 saturated heterocycles. The van der Waals surface area contributed by atoms with Crippen LogP contribution in [0.4, 0.5) is 0 Å². The van der Waals surface area contributed by atoms with Gasteiger partial charge < -0.3 is 15.0 Å². The number of nitrogens with one attached hydrogen (secondary N) is 1. The van der Waals surface area contributed by atoms with E-state index in [1.807, 2.05) is 60.4 Å². The molecule has 0 bridgehead atoms. The van der Waals surface area contributed by atoms with Crippen molar-refractivity contribution in [3.8, 4) is 11.5 Å². The molecule has 1 N–H and O–H groups in total. The van der Waals surface area contributed by atoms with Gasteiger partial charge in [-0.05, 0) is 31.2 Å². The Balaban J connectivity index is 1.63. The maximum absolute atomic E-state index is 13.0. The Morgan fingerprint density at radius 3 is 2.33 bits per heavy atom. The second-order valence-corrected chi connectivity index (χ2v) is 6.43. The van der Waals surface area contributed by atoms with Crippen molar-refractivity contribution in [1.29, 1.82) is 0 Å². The highest BCUT2D eigenvalue weighted by molar-refractivity contribution is 5.97. The van der Waals surface area contributed by atoms with Crippen LogP contribution in [-0.4, -0.2) is 60.9 Å². The van der Waals surface area contributed by atoms with Crippen molar-refractivity contribution < 1.29 is 14.3 Å². The minimum Gasteiger partial charge on any atom is -0.457 e. The van der Waals surface area contributed by atoms with Crippen molar-refractivity contribution in [2.24, 2.45) is 0 Å². The summed E-state index contributed by atoms with van der Waals surface area (Å²) in [5, 5.41) is 2.81. The van der Waals surface area contributed by atoms with Crippen LogP contribution < -0.4 is 10.1 Å². The zero-order valence-electron chi connectivity index (χ0n) is 15.6. The molecule has 6 nitrogen and oxygen atoms in total. The molecule has 27 heavy (non-hydrogen) atoms. The zero-order chi connectivity index (χ0) is 19.1. The highest BCUT2D eigenvalue weighted by atomic mass is 16.5. The molecular weight excluding hydrogens is 342 g/mol. The first-order chi connectivity index (χ1) is 13.2. The lowest BCUT2D eigenvalue weighted by molar-refractivity contribution is -0.122. The summed E-state index contributed by atoms with van der Waals surface area (Å²) in [5.74, 6) is 1.24. The predicted molar refractivity (Wildman–Crippen MR) is 104 cm³/mol. The van der Waals surface area contributed by atoms with Gasteiger partial charge in [0.2, 0.25) is 5.91 Å². The summed E-state index contributed by atoms with van der Waals surface area (Å²) < 4.78 is 5.91. The summed E-state index contributed by atoms with van der Waals surface area (Å²) in [6.07, 6.45) is 0. The van der Waals surface area contributed by atoms with Gasteiger partial charge >= 0.3 is 0 Å². The molecule has 1 aliphatic rings. The van der Waals surface area contributed by atoms with Gasteiger partial charge in [-0.3, -0.25) is 14.5 Å². The Kier molecular flexibility index (Phi) is 6.44. The molecule has 3 rings (SSSR count). The van der Waals surface area contributed by atoms with E-state index in [-0.39, 0.29) is 11.8 Å². The third-order valence-corrected chi connectivity index (χ3v) is 4.49. The summed E-state index contributed by atoms with van der Waals surface area (Å²) in [5.41, 5.74) is 0.554. The first kappa shape index (κ1) is 18.9. The van der Waals surface area contributed by atoms with Gasteiger partial charge in [0.05, 0.1) is 12.1 Å². The molecule has 1 fully saturated rings. The Bertz CT molecular complexity index is 771. The highest BCUT2D eigenvalue weighted by Crippen LogP contribution is 2.26. The smallest absolute Gasteiger partial charge is 0.257 e. The van der Waals surface area contributed by atoms with E-state index in [1.54, 1.807) is 6.07 Å². The number of benzene rings is 2. The first-order valence-corrected chi connectivity index (χ1v) is 9.27. The maximum Gasteiger partial charge on any atom is 0.257 e. The summed E-state index contributed by atoms with van der Waals surface area (Å²) in [6.45, 7) is 5.48. The van der Waals surface area contributed by atoms with Crippen molar-refractivity contribution in [2.45, 2.75) is 6.92 Å². The predicted octanol–water partition coefficient (Wildman–Crippen LogP) is 2.37. The fourth-order valence-corrected chi connectivity index (χ4v) is 3.08. The molecule has 0 aliphatic carbocycles. The molecular formula is C21H25N3O3. The molecule has 2 amide bonds. The topological polar surface area (TPSA) is 61.9 Å². The average molecular weight is 367 g/mol. The van der Waals surface area contributed by atoms with Crippen molar-refractivity contribution in [2.75, 3.05) is 39.3 Å². The summed E-state index contributed by atoms with van der Waals surface area (Å²) in [4.78, 5) is 28.6. The minimum absolute atomic E-state index is 0.0267. The van der Waals surface area contributed by atoms with E-state index in [9.17, 15) is 9.59 Å². The van der Waals surface area contributed by atoms with E-state index < -0.39 is 0 Å². The molecule has 0 saturated carbocycles. The molecule has 0 spiro atoms. The van der Waals surface area contributed by atoms with Crippen molar-refractivity contribution in [1.82, 2.24) is 15.1 Å². The number of carbonyl (C=O) groups is 2. The van der Waals surface area contributed by atoms with Gasteiger partial charge in [0.25, 0.3) is 5.91 Å². The standard InChI is InChI=1S/C21H25N3O3/c1-2-22-20(25)16-23-12-14-24(15-13-23)21(26)18-10-6-7-11-19(18)27-17-8-4-3-5-9-17/h3-11H,2,12-16H2,1H3,(H,22,25). The minimum atomic E-state index is -0.0424. The zero-order valence-corrected chi connectivity index (χ0v) is 15.6. The second kappa shape index (κ2) is 9.19. The van der Waals surface area contributed by atoms with Crippen LogP contribution in [0.25, 0.3) is 0 Å². The third kappa shape index (κ3) is 5.08. The van der Waals surface area contributed by atoms with Gasteiger partial charge in [0.15, 0.2) is 0 Å². The molecule has 1 aliphatic heterocycles. The number of para-hydroxylation sites is 2. The van der Waals surface area contributed by atoms with Crippen LogP contribution in [-0.2, 0) is 4.79 Å². The third-order valence-electron chi connectivity index (χ3n) is 4.49. The number of amides is 2. The molecule has 0 unspecified atom stereocenters. The number of carbonyl (C=O) groups excluding carboxylic acids is 2. The Hall–Kier alpha value is -2.86. The van der Waals surface area contributed by atoms with E-state index in [4.69, 9.17) is 4.74 Å². The van der Waals surface area contributed by atoms with Crippen LogP contribution >= 0.6 is 0 Å². The van der Waals surface area contributed by atoms with Crippen molar-refractivity contribution in [3.63, 3.8) is 0 Å². The Morgan fingerprint density at radius 1 is 0.963 bits per heavy atom. The lowest BCUT2D eigenvalue weighted by Gasteiger charge is -2.34. The van der Waals surface area contributed by atoms with Crippen molar-refractivity contribution in [3.05, 3.63) is 60.2 Å². The van der Waals surface area contributed by atoms with Crippen LogP contribution in [0.1, 0.15) is 17.3 Å². The molecule has 0 aromatic heterocycles. The first-order valence-electron chi connectivity index (χ1n) is 9.27. The lowest BCUT2D eigenvalue weighted by Crippen LogP contribution is -2.51. The van der Waals surface area contributed by atoms with Crippen molar-refractivity contribution >= 4 is 11.8 Å². The van der Waals surface area contributed by atoms with Gasteiger partial charge in [-0.1, -0.05) is 30.3 Å². The Labute approximate surface area is 159 Å². The Morgan fingerprint density at radius 2 is 1.63 bits per heavy atom. The number of nitrogens with zero attached hydrogens (tertiary/aromatic N) is 2. The maximum atomic E-state index is 13.0. The van der Waals surface area contributed by atoms with Gasteiger partial charge in [-0.2, -0.15) is 0 Å². The van der Waals surface area contributed by atoms with E-state index in [1.165, 1.54) is 0 Å². The fraction of sp³-hybridized carbons (Fsp3) is 0.333. The normalized spacial score (nSPS) is 14.6. The number of ether oxygens (including phenoxy) is 1. The molecule has 0 atom stereocenters. The number of rotatable bonds is 6. The van der Waals surface area contributed by atoms with Gasteiger partial charge in [0.1, 0.15) is 11.5 Å².